The number of anilines is 2. The van der Waals surface area contributed by atoms with Crippen molar-refractivity contribution >= 4 is 49.9 Å². The summed E-state index contributed by atoms with van der Waals surface area (Å²) in [6, 6.07) is 15.5. The van der Waals surface area contributed by atoms with E-state index in [4.69, 9.17) is 11.6 Å². The van der Waals surface area contributed by atoms with Crippen molar-refractivity contribution in [3.63, 3.8) is 0 Å². The number of benzene rings is 2. The lowest BCUT2D eigenvalue weighted by Crippen LogP contribution is -2.50. The zero-order valence-corrected chi connectivity index (χ0v) is 21.2. The number of sulfonamides is 1. The highest BCUT2D eigenvalue weighted by molar-refractivity contribution is 7.92. The van der Waals surface area contributed by atoms with E-state index in [9.17, 15) is 13.2 Å². The molecule has 0 aliphatic carbocycles. The molecule has 2 aromatic heterocycles. The molecular formula is C25H27ClN6O3S. The minimum atomic E-state index is -3.75. The third-order valence-corrected chi connectivity index (χ3v) is 7.99. The van der Waals surface area contributed by atoms with Crippen molar-refractivity contribution in [1.82, 2.24) is 19.4 Å². The minimum absolute atomic E-state index is 0. The van der Waals surface area contributed by atoms with Crippen LogP contribution in [-0.2, 0) is 14.8 Å². The Bertz CT molecular complexity index is 1490. The van der Waals surface area contributed by atoms with E-state index in [1.165, 1.54) is 18.6 Å². The maximum Gasteiger partial charge on any atom is 0.263 e. The third-order valence-electron chi connectivity index (χ3n) is 6.38. The molecule has 0 bridgehead atoms. The fourth-order valence-electron chi connectivity index (χ4n) is 4.42. The number of hydrogen-bond acceptors (Lipinski definition) is 6. The molecule has 1 saturated heterocycles. The summed E-state index contributed by atoms with van der Waals surface area (Å²) < 4.78 is 29.7. The van der Waals surface area contributed by atoms with Gasteiger partial charge in [0.05, 0.1) is 4.90 Å². The Hall–Kier alpha value is -3.63. The highest BCUT2D eigenvalue weighted by Crippen LogP contribution is 2.26. The summed E-state index contributed by atoms with van der Waals surface area (Å²) in [4.78, 5) is 25.1. The number of hydrogen-bond donors (Lipinski definition) is 1. The number of fused-ring (bicyclic) bond motifs is 1. The zero-order valence-electron chi connectivity index (χ0n) is 19.6. The van der Waals surface area contributed by atoms with E-state index < -0.39 is 10.0 Å². The summed E-state index contributed by atoms with van der Waals surface area (Å²) in [6.45, 7) is 4.40. The standard InChI is InChI=1S/C25H25ClN6O3S.H2/c1-18(32-11-9-19-16-20(26)2-7-23(19)32)25(33)31-14-12-30(13-15-31)21-3-5-22(6-4-21)36(34,35)29-24-8-10-27-17-28-24;/h2-11,16-18H,12-15H2,1H3,(H,27,28,29);1H. The molecule has 1 aliphatic rings. The molecule has 36 heavy (non-hydrogen) atoms. The molecule has 9 nitrogen and oxygen atoms in total. The first-order chi connectivity index (χ1) is 17.3. The number of aromatic nitrogens is 3. The van der Waals surface area contributed by atoms with Gasteiger partial charge in [-0.1, -0.05) is 11.6 Å². The third kappa shape index (κ3) is 4.87. The fraction of sp³-hybridized carbons (Fsp3) is 0.240. The summed E-state index contributed by atoms with van der Waals surface area (Å²) in [6.07, 6.45) is 4.67. The lowest BCUT2D eigenvalue weighted by atomic mass is 10.2. The van der Waals surface area contributed by atoms with Crippen LogP contribution in [0.5, 0.6) is 0 Å². The number of piperazine rings is 1. The van der Waals surface area contributed by atoms with Crippen LogP contribution in [0.1, 0.15) is 14.4 Å². The smallest absolute Gasteiger partial charge is 0.263 e. The molecule has 4 aromatic rings. The molecule has 1 amide bonds. The molecule has 1 aliphatic heterocycles. The number of halogens is 1. The van der Waals surface area contributed by atoms with E-state index in [0.29, 0.717) is 31.2 Å². The molecule has 1 atom stereocenters. The topological polar surface area (TPSA) is 100 Å². The molecule has 1 fully saturated rings. The largest absolute Gasteiger partial charge is 0.368 e. The first-order valence-corrected chi connectivity index (χ1v) is 13.4. The normalized spacial score (nSPS) is 15.2. The van der Waals surface area contributed by atoms with E-state index >= 15 is 0 Å². The molecule has 0 saturated carbocycles. The average molecular weight is 527 g/mol. The van der Waals surface area contributed by atoms with E-state index in [1.54, 1.807) is 24.3 Å². The predicted octanol–water partition coefficient (Wildman–Crippen LogP) is 4.04. The summed E-state index contributed by atoms with van der Waals surface area (Å²) in [5.41, 5.74) is 1.88. The quantitative estimate of drug-likeness (QED) is 0.407. The first-order valence-electron chi connectivity index (χ1n) is 11.5. The van der Waals surface area contributed by atoms with Crippen LogP contribution in [0.4, 0.5) is 11.5 Å². The maximum absolute atomic E-state index is 13.2. The number of amides is 1. The van der Waals surface area contributed by atoms with E-state index in [1.807, 2.05) is 46.9 Å². The number of carbonyl (C=O) groups is 1. The number of nitrogens with one attached hydrogen (secondary N) is 1. The molecule has 1 N–H and O–H groups in total. The molecule has 0 spiro atoms. The van der Waals surface area contributed by atoms with Gasteiger partial charge in [-0.05, 0) is 61.5 Å². The van der Waals surface area contributed by atoms with Crippen molar-refractivity contribution in [2.24, 2.45) is 0 Å². The highest BCUT2D eigenvalue weighted by atomic mass is 35.5. The van der Waals surface area contributed by atoms with Crippen LogP contribution in [0.2, 0.25) is 5.02 Å². The van der Waals surface area contributed by atoms with Gasteiger partial charge < -0.3 is 14.4 Å². The van der Waals surface area contributed by atoms with Gasteiger partial charge in [0, 0.05) is 61.6 Å². The summed E-state index contributed by atoms with van der Waals surface area (Å²) in [5.74, 6) is 0.278. The molecule has 3 heterocycles. The van der Waals surface area contributed by atoms with Gasteiger partial charge in [0.1, 0.15) is 18.2 Å². The predicted molar refractivity (Wildman–Crippen MR) is 142 cm³/mol. The van der Waals surface area contributed by atoms with Gasteiger partial charge >= 0.3 is 0 Å². The Labute approximate surface area is 215 Å². The van der Waals surface area contributed by atoms with Crippen molar-refractivity contribution in [2.75, 3.05) is 35.8 Å². The van der Waals surface area contributed by atoms with E-state index in [0.717, 1.165) is 16.6 Å². The molecule has 2 aromatic carbocycles. The van der Waals surface area contributed by atoms with Crippen molar-refractivity contribution in [1.29, 1.82) is 0 Å². The van der Waals surface area contributed by atoms with Crippen LogP contribution in [-0.4, -0.2) is 59.9 Å². The molecule has 11 heteroatoms. The number of carbonyl (C=O) groups excluding carboxylic acids is 1. The van der Waals surface area contributed by atoms with Crippen LogP contribution < -0.4 is 9.62 Å². The van der Waals surface area contributed by atoms with Crippen molar-refractivity contribution in [2.45, 2.75) is 17.9 Å². The SMILES string of the molecule is CC(C(=O)N1CCN(c2ccc(S(=O)(=O)Nc3ccncn3)cc2)CC1)n1ccc2cc(Cl)ccc21.[HH]. The van der Waals surface area contributed by atoms with Gasteiger partial charge in [-0.15, -0.1) is 0 Å². The second-order valence-corrected chi connectivity index (χ2v) is 10.7. The Morgan fingerprint density at radius 2 is 1.81 bits per heavy atom. The van der Waals surface area contributed by atoms with Gasteiger partial charge in [-0.3, -0.25) is 9.52 Å². The maximum atomic E-state index is 13.2. The van der Waals surface area contributed by atoms with Gasteiger partial charge in [0.25, 0.3) is 10.0 Å². The summed E-state index contributed by atoms with van der Waals surface area (Å²) in [5, 5.41) is 1.67. The molecular weight excluding hydrogens is 500 g/mol. The second-order valence-electron chi connectivity index (χ2n) is 8.61. The fourth-order valence-corrected chi connectivity index (χ4v) is 5.61. The Morgan fingerprint density at radius 1 is 1.06 bits per heavy atom. The summed E-state index contributed by atoms with van der Waals surface area (Å²) >= 11 is 6.09. The van der Waals surface area contributed by atoms with Crippen molar-refractivity contribution in [3.8, 4) is 0 Å². The molecule has 5 rings (SSSR count). The van der Waals surface area contributed by atoms with Crippen LogP contribution in [0.3, 0.4) is 0 Å². The van der Waals surface area contributed by atoms with E-state index in [2.05, 4.69) is 19.6 Å². The Balaban J connectivity index is 0.00000320. The summed E-state index contributed by atoms with van der Waals surface area (Å²) in [7, 11) is -3.75. The van der Waals surface area contributed by atoms with Crippen LogP contribution >= 0.6 is 11.6 Å². The highest BCUT2D eigenvalue weighted by Gasteiger charge is 2.27. The van der Waals surface area contributed by atoms with Crippen molar-refractivity contribution in [3.05, 3.63) is 78.3 Å². The van der Waals surface area contributed by atoms with Crippen LogP contribution in [0.25, 0.3) is 10.9 Å². The molecule has 0 radical (unpaired) electrons. The molecule has 188 valence electrons. The first kappa shape index (κ1) is 24.1. The van der Waals surface area contributed by atoms with Gasteiger partial charge in [0.2, 0.25) is 5.91 Å². The van der Waals surface area contributed by atoms with Gasteiger partial charge in [0.15, 0.2) is 0 Å². The lowest BCUT2D eigenvalue weighted by molar-refractivity contribution is -0.134. The number of nitrogens with zero attached hydrogens (tertiary/aromatic N) is 5. The Kier molecular flexibility index (Phi) is 6.55. The van der Waals surface area contributed by atoms with Gasteiger partial charge in [-0.25, -0.2) is 18.4 Å². The average Bonchev–Trinajstić information content (AvgIpc) is 3.31. The monoisotopic (exact) mass is 526 g/mol. The van der Waals surface area contributed by atoms with Crippen LogP contribution in [0.15, 0.2) is 78.2 Å². The minimum Gasteiger partial charge on any atom is -0.368 e. The second kappa shape index (κ2) is 9.79. The lowest BCUT2D eigenvalue weighted by Gasteiger charge is -2.37. The van der Waals surface area contributed by atoms with Gasteiger partial charge in [-0.2, -0.15) is 0 Å². The number of rotatable bonds is 6. The van der Waals surface area contributed by atoms with Crippen LogP contribution in [0, 0.1) is 0 Å². The van der Waals surface area contributed by atoms with E-state index in [-0.39, 0.29) is 24.1 Å². The van der Waals surface area contributed by atoms with Crippen molar-refractivity contribution < 1.29 is 14.6 Å². The zero-order chi connectivity index (χ0) is 25.3. The molecule has 1 unspecified atom stereocenters. The Morgan fingerprint density at radius 3 is 2.50 bits per heavy atom.